The lowest BCUT2D eigenvalue weighted by Gasteiger charge is -2.09. The largest absolute Gasteiger partial charge is 0.478 e. The van der Waals surface area contributed by atoms with E-state index in [1.54, 1.807) is 6.92 Å². The molecule has 76 valence electrons. The molecule has 1 aromatic heterocycles. The van der Waals surface area contributed by atoms with Gasteiger partial charge in [-0.1, -0.05) is 27.5 Å². The first-order valence-electron chi connectivity index (χ1n) is 3.62. The van der Waals surface area contributed by atoms with Crippen LogP contribution in [-0.2, 0) is 5.33 Å². The Hall–Kier alpha value is -0.130. The van der Waals surface area contributed by atoms with E-state index < -0.39 is 5.97 Å². The van der Waals surface area contributed by atoms with E-state index in [4.69, 9.17) is 16.7 Å². The number of pyridine rings is 1. The zero-order valence-electron chi connectivity index (χ0n) is 7.14. The summed E-state index contributed by atoms with van der Waals surface area (Å²) in [5.41, 5.74) is 1.22. The fourth-order valence-corrected chi connectivity index (χ4v) is 2.52. The van der Waals surface area contributed by atoms with E-state index in [1.165, 1.54) is 0 Å². The maximum Gasteiger partial charge on any atom is 0.337 e. The van der Waals surface area contributed by atoms with Crippen molar-refractivity contribution >= 4 is 49.4 Å². The van der Waals surface area contributed by atoms with E-state index in [9.17, 15) is 4.79 Å². The van der Waals surface area contributed by atoms with E-state index >= 15 is 0 Å². The number of aromatic carboxylic acids is 1. The summed E-state index contributed by atoms with van der Waals surface area (Å²) in [6, 6.07) is 0. The molecular weight excluding hydrogens is 337 g/mol. The molecule has 1 rings (SSSR count). The van der Waals surface area contributed by atoms with Gasteiger partial charge in [0, 0.05) is 10.9 Å². The number of hydrogen-bond donors (Lipinski definition) is 1. The van der Waals surface area contributed by atoms with Gasteiger partial charge in [0.1, 0.15) is 5.15 Å². The summed E-state index contributed by atoms with van der Waals surface area (Å²) >= 11 is 12.2. The Morgan fingerprint density at radius 2 is 2.21 bits per heavy atom. The Labute approximate surface area is 103 Å². The molecule has 0 aliphatic carbocycles. The average Bonchev–Trinajstić information content (AvgIpc) is 2.10. The Kier molecular flexibility index (Phi) is 3.92. The van der Waals surface area contributed by atoms with Gasteiger partial charge >= 0.3 is 5.97 Å². The zero-order valence-corrected chi connectivity index (χ0v) is 11.1. The summed E-state index contributed by atoms with van der Waals surface area (Å²) in [6.07, 6.45) is 0. The van der Waals surface area contributed by atoms with Gasteiger partial charge in [0.2, 0.25) is 0 Å². The minimum atomic E-state index is -1.02. The van der Waals surface area contributed by atoms with E-state index in [0.29, 0.717) is 21.1 Å². The Morgan fingerprint density at radius 1 is 1.64 bits per heavy atom. The van der Waals surface area contributed by atoms with Crippen LogP contribution < -0.4 is 0 Å². The topological polar surface area (TPSA) is 50.2 Å². The van der Waals surface area contributed by atoms with Gasteiger partial charge in [0.15, 0.2) is 0 Å². The molecule has 3 nitrogen and oxygen atoms in total. The van der Waals surface area contributed by atoms with Crippen LogP contribution in [-0.4, -0.2) is 16.1 Å². The van der Waals surface area contributed by atoms with Crippen molar-refractivity contribution < 1.29 is 9.90 Å². The lowest BCUT2D eigenvalue weighted by atomic mass is 10.1. The van der Waals surface area contributed by atoms with Crippen molar-refractivity contribution in [2.24, 2.45) is 0 Å². The second-order valence-electron chi connectivity index (χ2n) is 2.59. The van der Waals surface area contributed by atoms with Crippen molar-refractivity contribution in [3.63, 3.8) is 0 Å². The monoisotopic (exact) mass is 341 g/mol. The van der Waals surface area contributed by atoms with Gasteiger partial charge in [0.05, 0.1) is 15.7 Å². The summed E-state index contributed by atoms with van der Waals surface area (Å²) in [7, 11) is 0. The summed E-state index contributed by atoms with van der Waals surface area (Å²) < 4.78 is 0.476. The molecule has 0 saturated carbocycles. The van der Waals surface area contributed by atoms with Crippen molar-refractivity contribution in [1.82, 2.24) is 4.98 Å². The Balaban J connectivity index is 3.56. The van der Waals surface area contributed by atoms with E-state index in [-0.39, 0.29) is 10.7 Å². The highest BCUT2D eigenvalue weighted by atomic mass is 79.9. The maximum atomic E-state index is 11.0. The van der Waals surface area contributed by atoms with Gasteiger partial charge < -0.3 is 5.11 Å². The third kappa shape index (κ3) is 2.10. The molecule has 0 bridgehead atoms. The Morgan fingerprint density at radius 3 is 2.64 bits per heavy atom. The average molecular weight is 343 g/mol. The van der Waals surface area contributed by atoms with Crippen LogP contribution in [0.5, 0.6) is 0 Å². The number of carboxylic acids is 1. The standard InChI is InChI=1S/C8H6Br2ClNO2/c1-3-6(10)5(8(13)14)4(2-9)7(11)12-3/h2H2,1H3,(H,13,14). The maximum absolute atomic E-state index is 11.0. The molecule has 1 N–H and O–H groups in total. The summed E-state index contributed by atoms with van der Waals surface area (Å²) in [5, 5.41) is 9.57. The number of carboxylic acid groups (broad SMARTS) is 1. The van der Waals surface area contributed by atoms with Crippen LogP contribution in [0.15, 0.2) is 4.47 Å². The SMILES string of the molecule is Cc1nc(Cl)c(CBr)c(C(=O)O)c1Br. The third-order valence-electron chi connectivity index (χ3n) is 1.70. The van der Waals surface area contributed by atoms with Gasteiger partial charge in [0.25, 0.3) is 0 Å². The van der Waals surface area contributed by atoms with Gasteiger partial charge in [-0.05, 0) is 22.9 Å². The molecule has 0 aliphatic rings. The number of rotatable bonds is 2. The summed E-state index contributed by atoms with van der Waals surface area (Å²) in [6.45, 7) is 1.69. The van der Waals surface area contributed by atoms with Crippen LogP contribution in [0.3, 0.4) is 0 Å². The smallest absolute Gasteiger partial charge is 0.337 e. The molecule has 6 heteroatoms. The Bertz CT molecular complexity index is 395. The second-order valence-corrected chi connectivity index (χ2v) is 4.31. The lowest BCUT2D eigenvalue weighted by molar-refractivity contribution is 0.0694. The fraction of sp³-hybridized carbons (Fsp3) is 0.250. The molecule has 0 amide bonds. The predicted molar refractivity (Wildman–Crippen MR) is 61.3 cm³/mol. The number of aromatic nitrogens is 1. The van der Waals surface area contributed by atoms with Gasteiger partial charge in [-0.3, -0.25) is 0 Å². The quantitative estimate of drug-likeness (QED) is 0.661. The minimum Gasteiger partial charge on any atom is -0.478 e. The molecule has 0 aliphatic heterocycles. The molecule has 1 aromatic rings. The van der Waals surface area contributed by atoms with Crippen molar-refractivity contribution in [3.8, 4) is 0 Å². The highest BCUT2D eigenvalue weighted by Gasteiger charge is 2.19. The summed E-state index contributed by atoms with van der Waals surface area (Å²) in [5.74, 6) is -1.02. The first-order valence-corrected chi connectivity index (χ1v) is 5.92. The van der Waals surface area contributed by atoms with Gasteiger partial charge in [-0.2, -0.15) is 0 Å². The number of aryl methyl sites for hydroxylation is 1. The predicted octanol–water partition coefficient (Wildman–Crippen LogP) is 3.40. The minimum absolute atomic E-state index is 0.166. The van der Waals surface area contributed by atoms with Crippen LogP contribution >= 0.6 is 43.5 Å². The van der Waals surface area contributed by atoms with E-state index in [2.05, 4.69) is 36.8 Å². The van der Waals surface area contributed by atoms with E-state index in [0.717, 1.165) is 0 Å². The molecular formula is C8H6Br2ClNO2. The molecule has 0 radical (unpaired) electrons. The number of halogens is 3. The molecule has 14 heavy (non-hydrogen) atoms. The van der Waals surface area contributed by atoms with Gasteiger partial charge in [-0.15, -0.1) is 0 Å². The first kappa shape index (κ1) is 11.9. The second kappa shape index (κ2) is 4.59. The van der Waals surface area contributed by atoms with Crippen molar-refractivity contribution in [3.05, 3.63) is 26.4 Å². The first-order chi connectivity index (χ1) is 6.49. The zero-order chi connectivity index (χ0) is 10.9. The number of hydrogen-bond acceptors (Lipinski definition) is 2. The molecule has 0 aromatic carbocycles. The highest BCUT2D eigenvalue weighted by molar-refractivity contribution is 9.10. The van der Waals surface area contributed by atoms with Crippen molar-refractivity contribution in [2.45, 2.75) is 12.3 Å². The van der Waals surface area contributed by atoms with Crippen LogP contribution in [0.4, 0.5) is 0 Å². The number of alkyl halides is 1. The van der Waals surface area contributed by atoms with E-state index in [1.807, 2.05) is 0 Å². The highest BCUT2D eigenvalue weighted by Crippen LogP contribution is 2.29. The number of nitrogens with zero attached hydrogens (tertiary/aromatic N) is 1. The molecule has 1 heterocycles. The molecule has 0 unspecified atom stereocenters. The molecule has 0 saturated heterocycles. The number of carbonyl (C=O) groups is 1. The van der Waals surface area contributed by atoms with Crippen LogP contribution in [0.25, 0.3) is 0 Å². The van der Waals surface area contributed by atoms with Crippen molar-refractivity contribution in [2.75, 3.05) is 0 Å². The fourth-order valence-electron chi connectivity index (χ4n) is 1.03. The molecule has 0 atom stereocenters. The lowest BCUT2D eigenvalue weighted by Crippen LogP contribution is -2.06. The van der Waals surface area contributed by atoms with Crippen molar-refractivity contribution in [1.29, 1.82) is 0 Å². The van der Waals surface area contributed by atoms with Crippen LogP contribution in [0.2, 0.25) is 5.15 Å². The third-order valence-corrected chi connectivity index (χ3v) is 3.54. The molecule has 0 fully saturated rings. The summed E-state index contributed by atoms with van der Waals surface area (Å²) in [4.78, 5) is 15.0. The van der Waals surface area contributed by atoms with Crippen LogP contribution in [0, 0.1) is 6.92 Å². The normalized spacial score (nSPS) is 10.3. The van der Waals surface area contributed by atoms with Crippen LogP contribution in [0.1, 0.15) is 21.6 Å². The van der Waals surface area contributed by atoms with Gasteiger partial charge in [-0.25, -0.2) is 9.78 Å². The molecule has 0 spiro atoms.